The van der Waals surface area contributed by atoms with E-state index in [0.717, 1.165) is 25.2 Å². The Morgan fingerprint density at radius 3 is 2.81 bits per heavy atom. The Morgan fingerprint density at radius 2 is 2.00 bits per heavy atom. The van der Waals surface area contributed by atoms with Crippen LogP contribution in [0.4, 0.5) is 5.69 Å². The molecule has 0 spiro atoms. The highest BCUT2D eigenvalue weighted by molar-refractivity contribution is 6.34. The number of carbonyl (C=O) groups excluding carboxylic acids is 1. The van der Waals surface area contributed by atoms with E-state index in [1.54, 1.807) is 12.1 Å². The van der Waals surface area contributed by atoms with Crippen molar-refractivity contribution in [2.24, 2.45) is 0 Å². The van der Waals surface area contributed by atoms with E-state index in [2.05, 4.69) is 23.3 Å². The first-order valence-electron chi connectivity index (χ1n) is 7.00. The summed E-state index contributed by atoms with van der Waals surface area (Å²) < 4.78 is 0. The predicted octanol–water partition coefficient (Wildman–Crippen LogP) is 3.58. The standard InChI is InChI=1S/C17H17ClN2O/c1-20-10-9-13-12(11-20)5-4-8-16(13)19-17(21)14-6-2-3-7-15(14)18/h2-8H,9-11H2,1H3,(H,19,21). The van der Waals surface area contributed by atoms with E-state index in [4.69, 9.17) is 11.6 Å². The van der Waals surface area contributed by atoms with E-state index in [0.29, 0.717) is 10.6 Å². The summed E-state index contributed by atoms with van der Waals surface area (Å²) in [5.74, 6) is -0.159. The number of anilines is 1. The summed E-state index contributed by atoms with van der Waals surface area (Å²) in [6.07, 6.45) is 0.949. The summed E-state index contributed by atoms with van der Waals surface area (Å²) in [7, 11) is 2.11. The fourth-order valence-electron chi connectivity index (χ4n) is 2.70. The maximum absolute atomic E-state index is 12.4. The SMILES string of the molecule is CN1CCc2c(cccc2NC(=O)c2ccccc2Cl)C1. The van der Waals surface area contributed by atoms with E-state index in [9.17, 15) is 4.79 Å². The van der Waals surface area contributed by atoms with Crippen LogP contribution in [-0.2, 0) is 13.0 Å². The van der Waals surface area contributed by atoms with Crippen molar-refractivity contribution >= 4 is 23.2 Å². The fraction of sp³-hybridized carbons (Fsp3) is 0.235. The number of nitrogens with one attached hydrogen (secondary N) is 1. The predicted molar refractivity (Wildman–Crippen MR) is 85.9 cm³/mol. The molecule has 1 N–H and O–H groups in total. The zero-order valence-electron chi connectivity index (χ0n) is 11.9. The summed E-state index contributed by atoms with van der Waals surface area (Å²) in [4.78, 5) is 14.7. The molecule has 3 nitrogen and oxygen atoms in total. The Kier molecular flexibility index (Phi) is 3.95. The molecule has 4 heteroatoms. The molecule has 21 heavy (non-hydrogen) atoms. The van der Waals surface area contributed by atoms with E-state index in [1.165, 1.54) is 11.1 Å². The van der Waals surface area contributed by atoms with Crippen molar-refractivity contribution in [2.45, 2.75) is 13.0 Å². The number of rotatable bonds is 2. The van der Waals surface area contributed by atoms with Crippen LogP contribution in [0.25, 0.3) is 0 Å². The van der Waals surface area contributed by atoms with Crippen LogP contribution in [0, 0.1) is 0 Å². The van der Waals surface area contributed by atoms with Gasteiger partial charge in [-0.25, -0.2) is 0 Å². The lowest BCUT2D eigenvalue weighted by Crippen LogP contribution is -2.27. The van der Waals surface area contributed by atoms with Gasteiger partial charge in [0.2, 0.25) is 0 Å². The molecule has 0 saturated heterocycles. The normalized spacial score (nSPS) is 14.6. The van der Waals surface area contributed by atoms with Gasteiger partial charge in [-0.05, 0) is 42.8 Å². The van der Waals surface area contributed by atoms with Crippen LogP contribution in [0.5, 0.6) is 0 Å². The van der Waals surface area contributed by atoms with Gasteiger partial charge < -0.3 is 10.2 Å². The molecule has 1 aliphatic rings. The van der Waals surface area contributed by atoms with Gasteiger partial charge in [-0.2, -0.15) is 0 Å². The second kappa shape index (κ2) is 5.88. The Balaban J connectivity index is 1.88. The van der Waals surface area contributed by atoms with Crippen LogP contribution >= 0.6 is 11.6 Å². The molecule has 0 fully saturated rings. The molecule has 108 valence electrons. The Bertz CT molecular complexity index is 684. The summed E-state index contributed by atoms with van der Waals surface area (Å²) >= 11 is 6.08. The summed E-state index contributed by atoms with van der Waals surface area (Å²) in [6.45, 7) is 1.93. The van der Waals surface area contributed by atoms with Gasteiger partial charge >= 0.3 is 0 Å². The number of amides is 1. The highest BCUT2D eigenvalue weighted by Crippen LogP contribution is 2.26. The average molecular weight is 301 g/mol. The number of hydrogen-bond donors (Lipinski definition) is 1. The van der Waals surface area contributed by atoms with Gasteiger partial charge in [-0.15, -0.1) is 0 Å². The first-order chi connectivity index (χ1) is 10.1. The molecule has 3 rings (SSSR count). The zero-order chi connectivity index (χ0) is 14.8. The van der Waals surface area contributed by atoms with Crippen LogP contribution in [0.3, 0.4) is 0 Å². The number of hydrogen-bond acceptors (Lipinski definition) is 2. The quantitative estimate of drug-likeness (QED) is 0.919. The minimum absolute atomic E-state index is 0.159. The molecule has 1 amide bonds. The molecule has 0 bridgehead atoms. The number of benzene rings is 2. The molecule has 0 unspecified atom stereocenters. The van der Waals surface area contributed by atoms with Crippen molar-refractivity contribution in [1.82, 2.24) is 4.90 Å². The van der Waals surface area contributed by atoms with Gasteiger partial charge in [0.15, 0.2) is 0 Å². The van der Waals surface area contributed by atoms with E-state index >= 15 is 0 Å². The van der Waals surface area contributed by atoms with Crippen LogP contribution in [0.15, 0.2) is 42.5 Å². The molecule has 0 atom stereocenters. The molecule has 1 heterocycles. The smallest absolute Gasteiger partial charge is 0.257 e. The van der Waals surface area contributed by atoms with Gasteiger partial charge in [0.1, 0.15) is 0 Å². The number of nitrogens with zero attached hydrogens (tertiary/aromatic N) is 1. The number of halogens is 1. The summed E-state index contributed by atoms with van der Waals surface area (Å²) in [5, 5.41) is 3.47. The van der Waals surface area contributed by atoms with E-state index < -0.39 is 0 Å². The number of likely N-dealkylation sites (N-methyl/N-ethyl adjacent to an activating group) is 1. The van der Waals surface area contributed by atoms with E-state index in [1.807, 2.05) is 24.3 Å². The third-order valence-electron chi connectivity index (χ3n) is 3.82. The van der Waals surface area contributed by atoms with E-state index in [-0.39, 0.29) is 5.91 Å². The largest absolute Gasteiger partial charge is 0.322 e. The summed E-state index contributed by atoms with van der Waals surface area (Å²) in [5.41, 5.74) is 3.91. The first-order valence-corrected chi connectivity index (χ1v) is 7.38. The molecule has 0 aliphatic carbocycles. The second-order valence-electron chi connectivity index (χ2n) is 5.37. The molecule has 2 aromatic rings. The van der Waals surface area contributed by atoms with Crippen LogP contribution < -0.4 is 5.32 Å². The van der Waals surface area contributed by atoms with Gasteiger partial charge in [-0.1, -0.05) is 35.9 Å². The monoisotopic (exact) mass is 300 g/mol. The van der Waals surface area contributed by atoms with Crippen LogP contribution in [0.1, 0.15) is 21.5 Å². The van der Waals surface area contributed by atoms with Crippen molar-refractivity contribution in [3.63, 3.8) is 0 Å². The molecule has 0 radical (unpaired) electrons. The summed E-state index contributed by atoms with van der Waals surface area (Å²) in [6, 6.07) is 13.2. The first kappa shape index (κ1) is 14.1. The lowest BCUT2D eigenvalue weighted by molar-refractivity contribution is 0.102. The fourth-order valence-corrected chi connectivity index (χ4v) is 2.92. The van der Waals surface area contributed by atoms with Crippen molar-refractivity contribution in [1.29, 1.82) is 0 Å². The highest BCUT2D eigenvalue weighted by atomic mass is 35.5. The van der Waals surface area contributed by atoms with Crippen LogP contribution in [-0.4, -0.2) is 24.4 Å². The van der Waals surface area contributed by atoms with Crippen molar-refractivity contribution < 1.29 is 4.79 Å². The molecule has 2 aromatic carbocycles. The maximum Gasteiger partial charge on any atom is 0.257 e. The van der Waals surface area contributed by atoms with Crippen LogP contribution in [0.2, 0.25) is 5.02 Å². The van der Waals surface area contributed by atoms with Crippen molar-refractivity contribution in [3.05, 3.63) is 64.2 Å². The molecule has 0 saturated carbocycles. The van der Waals surface area contributed by atoms with Crippen molar-refractivity contribution in [2.75, 3.05) is 18.9 Å². The van der Waals surface area contributed by atoms with Gasteiger partial charge in [0, 0.05) is 18.8 Å². The van der Waals surface area contributed by atoms with Crippen molar-refractivity contribution in [3.8, 4) is 0 Å². The lowest BCUT2D eigenvalue weighted by Gasteiger charge is -2.26. The number of fused-ring (bicyclic) bond motifs is 1. The second-order valence-corrected chi connectivity index (χ2v) is 5.77. The Labute approximate surface area is 129 Å². The van der Waals surface area contributed by atoms with Gasteiger partial charge in [0.05, 0.1) is 10.6 Å². The van der Waals surface area contributed by atoms with Gasteiger partial charge in [-0.3, -0.25) is 4.79 Å². The topological polar surface area (TPSA) is 32.3 Å². The third-order valence-corrected chi connectivity index (χ3v) is 4.15. The average Bonchev–Trinajstić information content (AvgIpc) is 2.47. The lowest BCUT2D eigenvalue weighted by atomic mass is 9.98. The molecular weight excluding hydrogens is 284 g/mol. The molecule has 1 aliphatic heterocycles. The van der Waals surface area contributed by atoms with Gasteiger partial charge in [0.25, 0.3) is 5.91 Å². The minimum Gasteiger partial charge on any atom is -0.322 e. The third kappa shape index (κ3) is 2.94. The number of carbonyl (C=O) groups is 1. The highest BCUT2D eigenvalue weighted by Gasteiger charge is 2.18. The molecule has 0 aromatic heterocycles. The minimum atomic E-state index is -0.159. The zero-order valence-corrected chi connectivity index (χ0v) is 12.7. The Morgan fingerprint density at radius 1 is 1.19 bits per heavy atom. The molecular formula is C17H17ClN2O. The Hall–Kier alpha value is -1.84. The maximum atomic E-state index is 12.4.